The van der Waals surface area contributed by atoms with Crippen LogP contribution >= 0.6 is 0 Å². The van der Waals surface area contributed by atoms with E-state index in [2.05, 4.69) is 87.5 Å². The molecule has 4 rings (SSSR count). The van der Waals surface area contributed by atoms with Gasteiger partial charge in [-0.2, -0.15) is 18.2 Å². The standard InChI is InChI=1S/C15H14N.C5H5.C3H6.2ClH.Zr/c1-16(2)13-7-8-15-12(10-13)9-11-5-3-4-6-14(11)15;1-2-4-5-3-1;1-3-2;;;/h3-8H,9H2,1-2H3;1-3H,4H2;1-2H3;2*1H;/q2*-1;;;;+2/p-2. The van der Waals surface area contributed by atoms with Gasteiger partial charge in [0.1, 0.15) is 0 Å². The summed E-state index contributed by atoms with van der Waals surface area (Å²) in [5.41, 5.74) is 6.63. The molecule has 0 heterocycles. The van der Waals surface area contributed by atoms with Crippen molar-refractivity contribution in [1.29, 1.82) is 0 Å². The quantitative estimate of drug-likeness (QED) is 0.415. The van der Waals surface area contributed by atoms with E-state index in [0.29, 0.717) is 0 Å². The molecular weight excluding hydrogens is 452 g/mol. The molecule has 1 nitrogen and oxygen atoms in total. The van der Waals surface area contributed by atoms with Gasteiger partial charge >= 0.3 is 41.3 Å². The van der Waals surface area contributed by atoms with Crippen molar-refractivity contribution in [3.8, 4) is 11.1 Å². The van der Waals surface area contributed by atoms with Gasteiger partial charge in [0.05, 0.1) is 0 Å². The zero-order valence-electron chi connectivity index (χ0n) is 16.3. The normalized spacial score (nSPS) is 11.5. The zero-order chi connectivity index (χ0) is 18.2. The third kappa shape index (κ3) is 8.30. The first-order valence-corrected chi connectivity index (χ1v) is 9.76. The van der Waals surface area contributed by atoms with Gasteiger partial charge in [0, 0.05) is 14.1 Å². The van der Waals surface area contributed by atoms with E-state index in [1.807, 2.05) is 12.2 Å². The molecular formula is C23H25Cl2NZr-2. The summed E-state index contributed by atoms with van der Waals surface area (Å²) < 4.78 is 1.51. The minimum Gasteiger partial charge on any atom is -1.00 e. The van der Waals surface area contributed by atoms with Crippen molar-refractivity contribution in [1.82, 2.24) is 0 Å². The number of halogens is 2. The van der Waals surface area contributed by atoms with Gasteiger partial charge in [-0.1, -0.05) is 41.1 Å². The van der Waals surface area contributed by atoms with E-state index in [4.69, 9.17) is 0 Å². The van der Waals surface area contributed by atoms with E-state index in [1.54, 1.807) is 24.2 Å². The molecule has 0 unspecified atom stereocenters. The minimum atomic E-state index is 0. The maximum atomic E-state index is 3.50. The number of hydrogen-bond acceptors (Lipinski definition) is 1. The molecule has 0 aliphatic heterocycles. The van der Waals surface area contributed by atoms with Crippen LogP contribution in [0, 0.1) is 12.1 Å². The first-order valence-electron chi connectivity index (χ1n) is 8.53. The molecule has 0 radical (unpaired) electrons. The van der Waals surface area contributed by atoms with Crippen molar-refractivity contribution in [2.75, 3.05) is 19.0 Å². The van der Waals surface area contributed by atoms with Crippen molar-refractivity contribution < 1.29 is 49.0 Å². The molecule has 0 amide bonds. The van der Waals surface area contributed by atoms with Gasteiger partial charge in [-0.3, -0.25) is 6.08 Å². The maximum Gasteiger partial charge on any atom is -0.109 e. The fourth-order valence-electron chi connectivity index (χ4n) is 2.65. The Morgan fingerprint density at radius 2 is 1.67 bits per heavy atom. The topological polar surface area (TPSA) is 3.24 Å². The van der Waals surface area contributed by atoms with Crippen LogP contribution in [0.25, 0.3) is 11.1 Å². The van der Waals surface area contributed by atoms with E-state index < -0.39 is 0 Å². The van der Waals surface area contributed by atoms with E-state index >= 15 is 0 Å². The molecule has 4 heteroatoms. The molecule has 0 N–H and O–H groups in total. The minimum absolute atomic E-state index is 0. The third-order valence-corrected chi connectivity index (χ3v) is 3.75. The average Bonchev–Trinajstić information content (AvgIpc) is 3.25. The first-order chi connectivity index (χ1) is 12.0. The van der Waals surface area contributed by atoms with Crippen molar-refractivity contribution in [2.45, 2.75) is 26.7 Å². The number of allylic oxidation sites excluding steroid dienone is 4. The maximum absolute atomic E-state index is 3.50. The molecule has 2 aliphatic rings. The molecule has 0 atom stereocenters. The zero-order valence-corrected chi connectivity index (χ0v) is 20.3. The van der Waals surface area contributed by atoms with Gasteiger partial charge in [-0.15, -0.1) is 23.6 Å². The number of benzene rings is 2. The Hall–Kier alpha value is -0.947. The summed E-state index contributed by atoms with van der Waals surface area (Å²) in [5, 5.41) is 0. The number of anilines is 1. The third-order valence-electron chi connectivity index (χ3n) is 3.75. The fourth-order valence-corrected chi connectivity index (χ4v) is 2.65. The Bertz CT molecular complexity index is 781. The van der Waals surface area contributed by atoms with Gasteiger partial charge in [-0.05, 0) is 6.42 Å². The summed E-state index contributed by atoms with van der Waals surface area (Å²) >= 11 is 1.55. The molecule has 0 aromatic heterocycles. The second-order valence-electron chi connectivity index (χ2n) is 6.47. The second-order valence-corrected chi connectivity index (χ2v) is 8.93. The molecule has 0 saturated carbocycles. The Morgan fingerprint density at radius 3 is 2.19 bits per heavy atom. The summed E-state index contributed by atoms with van der Waals surface area (Å²) in [6.45, 7) is 4.25. The first kappa shape index (κ1) is 26.1. The van der Waals surface area contributed by atoms with Crippen molar-refractivity contribution in [3.05, 3.63) is 77.9 Å². The van der Waals surface area contributed by atoms with Gasteiger partial charge in [0.25, 0.3) is 0 Å². The molecule has 0 saturated heterocycles. The molecule has 27 heavy (non-hydrogen) atoms. The van der Waals surface area contributed by atoms with Crippen LogP contribution < -0.4 is 29.7 Å². The molecule has 2 aromatic carbocycles. The molecule has 142 valence electrons. The van der Waals surface area contributed by atoms with Gasteiger partial charge < -0.3 is 29.7 Å². The Kier molecular flexibility index (Phi) is 12.8. The fraction of sp³-hybridized carbons (Fsp3) is 0.261. The summed E-state index contributed by atoms with van der Waals surface area (Å²) in [6.07, 6.45) is 11.0. The van der Waals surface area contributed by atoms with Crippen LogP contribution in [-0.2, 0) is 30.7 Å². The largest absolute Gasteiger partial charge is 1.00 e. The van der Waals surface area contributed by atoms with Crippen molar-refractivity contribution >= 4 is 8.89 Å². The average molecular weight is 478 g/mol. The van der Waals surface area contributed by atoms with Crippen LogP contribution in [0.4, 0.5) is 5.69 Å². The number of fused-ring (bicyclic) bond motifs is 3. The van der Waals surface area contributed by atoms with Crippen LogP contribution in [-0.4, -0.2) is 17.3 Å². The Balaban J connectivity index is 0.000000518. The second kappa shape index (κ2) is 13.3. The molecule has 0 bridgehead atoms. The van der Waals surface area contributed by atoms with E-state index in [9.17, 15) is 0 Å². The molecule has 0 spiro atoms. The summed E-state index contributed by atoms with van der Waals surface area (Å²) in [5.74, 6) is 0. The van der Waals surface area contributed by atoms with Crippen LogP contribution in [0.3, 0.4) is 0 Å². The Labute approximate surface area is 191 Å². The van der Waals surface area contributed by atoms with Crippen LogP contribution in [0.5, 0.6) is 0 Å². The number of nitrogens with zero attached hydrogens (tertiary/aromatic N) is 1. The monoisotopic (exact) mass is 475 g/mol. The predicted octanol–water partition coefficient (Wildman–Crippen LogP) is -0.817. The van der Waals surface area contributed by atoms with E-state index in [0.717, 1.165) is 18.5 Å². The van der Waals surface area contributed by atoms with E-state index in [-0.39, 0.29) is 24.8 Å². The number of hydrogen-bond donors (Lipinski definition) is 0. The van der Waals surface area contributed by atoms with Crippen LogP contribution in [0.15, 0.2) is 54.6 Å². The van der Waals surface area contributed by atoms with Crippen LogP contribution in [0.1, 0.15) is 31.4 Å². The number of rotatable bonds is 1. The summed E-state index contributed by atoms with van der Waals surface area (Å²) in [6, 6.07) is 16.5. The predicted molar refractivity (Wildman–Crippen MR) is 106 cm³/mol. The van der Waals surface area contributed by atoms with Crippen molar-refractivity contribution in [3.63, 3.8) is 0 Å². The van der Waals surface area contributed by atoms with Crippen LogP contribution in [0.2, 0.25) is 0 Å². The van der Waals surface area contributed by atoms with E-state index in [1.165, 1.54) is 25.5 Å². The van der Waals surface area contributed by atoms with Gasteiger partial charge in [0.15, 0.2) is 0 Å². The van der Waals surface area contributed by atoms with Crippen molar-refractivity contribution in [2.24, 2.45) is 0 Å². The smallest absolute Gasteiger partial charge is 0.109 e. The SMILES string of the molecule is CN(C)c1[c-]c2c(cc1)-c1ccccc1C2.C[C](C)=[Zr+2].[C-]1=CC=CC1.[Cl-].[Cl-]. The summed E-state index contributed by atoms with van der Waals surface area (Å²) in [4.78, 5) is 2.10. The molecule has 0 fully saturated rings. The summed E-state index contributed by atoms with van der Waals surface area (Å²) in [7, 11) is 4.11. The molecule has 2 aliphatic carbocycles. The van der Waals surface area contributed by atoms with Gasteiger partial charge in [-0.25, -0.2) is 12.2 Å². The van der Waals surface area contributed by atoms with Gasteiger partial charge in [0.2, 0.25) is 0 Å². The molecule has 2 aromatic rings. The Morgan fingerprint density at radius 1 is 1.00 bits per heavy atom.